The Morgan fingerprint density at radius 1 is 0.966 bits per heavy atom. The topological polar surface area (TPSA) is 80.3 Å². The van der Waals surface area contributed by atoms with Gasteiger partial charge in [-0.2, -0.15) is 0 Å². The summed E-state index contributed by atoms with van der Waals surface area (Å²) in [5.74, 6) is -0.462. The SMILES string of the molecule is COC(=O)c1ccccc1Nc1ccnc(C(=O)Nc2ccccc2C(C)C)c1. The molecule has 0 radical (unpaired) electrons. The van der Waals surface area contributed by atoms with Gasteiger partial charge in [0.2, 0.25) is 0 Å². The van der Waals surface area contributed by atoms with Crippen molar-refractivity contribution in [1.29, 1.82) is 0 Å². The van der Waals surface area contributed by atoms with E-state index in [9.17, 15) is 9.59 Å². The number of carbonyl (C=O) groups is 2. The Labute approximate surface area is 169 Å². The number of methoxy groups -OCH3 is 1. The summed E-state index contributed by atoms with van der Waals surface area (Å²) in [5, 5.41) is 6.09. The Balaban J connectivity index is 1.82. The molecule has 3 aromatic rings. The number of carbonyl (C=O) groups excluding carboxylic acids is 2. The first kappa shape index (κ1) is 20.1. The van der Waals surface area contributed by atoms with Crippen molar-refractivity contribution < 1.29 is 14.3 Å². The lowest BCUT2D eigenvalue weighted by molar-refractivity contribution is 0.0601. The molecule has 0 aliphatic rings. The van der Waals surface area contributed by atoms with E-state index in [0.29, 0.717) is 16.9 Å². The first-order valence-electron chi connectivity index (χ1n) is 9.30. The fraction of sp³-hybridized carbons (Fsp3) is 0.174. The summed E-state index contributed by atoms with van der Waals surface area (Å²) in [6.07, 6.45) is 1.55. The average molecular weight is 389 g/mol. The minimum absolute atomic E-state index is 0.268. The van der Waals surface area contributed by atoms with Gasteiger partial charge in [-0.05, 0) is 41.8 Å². The number of pyridine rings is 1. The molecule has 6 heteroatoms. The second-order valence-electron chi connectivity index (χ2n) is 6.79. The molecule has 148 valence electrons. The average Bonchev–Trinajstić information content (AvgIpc) is 2.74. The van der Waals surface area contributed by atoms with Crippen LogP contribution in [0.4, 0.5) is 17.1 Å². The second kappa shape index (κ2) is 9.01. The molecule has 0 saturated carbocycles. The summed E-state index contributed by atoms with van der Waals surface area (Å²) < 4.78 is 4.82. The number of nitrogens with one attached hydrogen (secondary N) is 2. The molecule has 0 bridgehead atoms. The molecular weight excluding hydrogens is 366 g/mol. The summed E-state index contributed by atoms with van der Waals surface area (Å²) in [6, 6.07) is 18.1. The van der Waals surface area contributed by atoms with Gasteiger partial charge in [-0.25, -0.2) is 4.79 Å². The number of amides is 1. The van der Waals surface area contributed by atoms with Crippen molar-refractivity contribution >= 4 is 28.9 Å². The normalized spacial score (nSPS) is 10.5. The zero-order chi connectivity index (χ0) is 20.8. The second-order valence-corrected chi connectivity index (χ2v) is 6.79. The Kier molecular flexibility index (Phi) is 6.24. The number of para-hydroxylation sites is 2. The zero-order valence-electron chi connectivity index (χ0n) is 16.6. The lowest BCUT2D eigenvalue weighted by atomic mass is 10.0. The number of aromatic nitrogens is 1. The van der Waals surface area contributed by atoms with Gasteiger partial charge in [0.25, 0.3) is 5.91 Å². The number of ether oxygens (including phenoxy) is 1. The number of nitrogens with zero attached hydrogens (tertiary/aromatic N) is 1. The Hall–Kier alpha value is -3.67. The third kappa shape index (κ3) is 4.79. The standard InChI is InChI=1S/C23H23N3O3/c1-15(2)17-8-4-6-10-19(17)26-22(27)21-14-16(12-13-24-21)25-20-11-7-5-9-18(20)23(28)29-3/h4-15H,1-3H3,(H,24,25)(H,26,27). The molecule has 0 fully saturated rings. The van der Waals surface area contributed by atoms with E-state index in [2.05, 4.69) is 29.5 Å². The van der Waals surface area contributed by atoms with Crippen LogP contribution < -0.4 is 10.6 Å². The van der Waals surface area contributed by atoms with Crippen molar-refractivity contribution in [3.8, 4) is 0 Å². The summed E-state index contributed by atoms with van der Waals surface area (Å²) in [4.78, 5) is 28.9. The quantitative estimate of drug-likeness (QED) is 0.581. The zero-order valence-corrected chi connectivity index (χ0v) is 16.6. The number of hydrogen-bond acceptors (Lipinski definition) is 5. The van der Waals surface area contributed by atoms with Crippen molar-refractivity contribution in [2.45, 2.75) is 19.8 Å². The highest BCUT2D eigenvalue weighted by molar-refractivity contribution is 6.04. The van der Waals surface area contributed by atoms with Crippen LogP contribution in [-0.2, 0) is 4.74 Å². The lowest BCUT2D eigenvalue weighted by Crippen LogP contribution is -2.15. The van der Waals surface area contributed by atoms with Crippen LogP contribution in [0.25, 0.3) is 0 Å². The van der Waals surface area contributed by atoms with Gasteiger partial charge in [-0.1, -0.05) is 44.2 Å². The highest BCUT2D eigenvalue weighted by Crippen LogP contribution is 2.25. The van der Waals surface area contributed by atoms with Crippen LogP contribution in [0, 0.1) is 0 Å². The maximum atomic E-state index is 12.7. The molecule has 0 saturated heterocycles. The van der Waals surface area contributed by atoms with Crippen LogP contribution in [0.15, 0.2) is 66.9 Å². The fourth-order valence-corrected chi connectivity index (χ4v) is 2.97. The Morgan fingerprint density at radius 3 is 2.38 bits per heavy atom. The maximum absolute atomic E-state index is 12.7. The first-order chi connectivity index (χ1) is 14.0. The van der Waals surface area contributed by atoms with Crippen molar-refractivity contribution in [2.75, 3.05) is 17.7 Å². The summed E-state index contributed by atoms with van der Waals surface area (Å²) in [5.41, 5.74) is 3.72. The molecule has 0 aliphatic carbocycles. The first-order valence-corrected chi connectivity index (χ1v) is 9.30. The molecule has 2 aromatic carbocycles. The molecule has 29 heavy (non-hydrogen) atoms. The van der Waals surface area contributed by atoms with Gasteiger partial charge in [-0.15, -0.1) is 0 Å². The van der Waals surface area contributed by atoms with Crippen LogP contribution in [0.3, 0.4) is 0 Å². The van der Waals surface area contributed by atoms with Crippen LogP contribution >= 0.6 is 0 Å². The smallest absolute Gasteiger partial charge is 0.339 e. The van der Waals surface area contributed by atoms with E-state index in [1.54, 1.807) is 36.5 Å². The molecule has 0 spiro atoms. The van der Waals surface area contributed by atoms with E-state index in [1.807, 2.05) is 30.3 Å². The van der Waals surface area contributed by atoms with Gasteiger partial charge in [0.05, 0.1) is 18.4 Å². The van der Waals surface area contributed by atoms with E-state index in [0.717, 1.165) is 11.3 Å². The largest absolute Gasteiger partial charge is 0.465 e. The van der Waals surface area contributed by atoms with E-state index in [1.165, 1.54) is 7.11 Å². The molecule has 0 aliphatic heterocycles. The van der Waals surface area contributed by atoms with Crippen LogP contribution in [-0.4, -0.2) is 24.0 Å². The molecule has 1 amide bonds. The van der Waals surface area contributed by atoms with E-state index in [4.69, 9.17) is 4.74 Å². The predicted molar refractivity (Wildman–Crippen MR) is 114 cm³/mol. The lowest BCUT2D eigenvalue weighted by Gasteiger charge is -2.14. The highest BCUT2D eigenvalue weighted by Gasteiger charge is 2.14. The van der Waals surface area contributed by atoms with Gasteiger partial charge in [-0.3, -0.25) is 9.78 Å². The van der Waals surface area contributed by atoms with Crippen molar-refractivity contribution in [3.63, 3.8) is 0 Å². The molecule has 6 nitrogen and oxygen atoms in total. The third-order valence-corrected chi connectivity index (χ3v) is 4.43. The van der Waals surface area contributed by atoms with Gasteiger partial charge in [0.15, 0.2) is 0 Å². The summed E-state index contributed by atoms with van der Waals surface area (Å²) in [7, 11) is 1.34. The number of esters is 1. The predicted octanol–water partition coefficient (Wildman–Crippen LogP) is 4.99. The fourth-order valence-electron chi connectivity index (χ4n) is 2.97. The number of hydrogen-bond donors (Lipinski definition) is 2. The highest BCUT2D eigenvalue weighted by atomic mass is 16.5. The third-order valence-electron chi connectivity index (χ3n) is 4.43. The summed E-state index contributed by atoms with van der Waals surface area (Å²) in [6.45, 7) is 4.15. The Bertz CT molecular complexity index is 1030. The van der Waals surface area contributed by atoms with Crippen LogP contribution in [0.1, 0.15) is 46.2 Å². The maximum Gasteiger partial charge on any atom is 0.339 e. The minimum atomic E-state index is -0.439. The minimum Gasteiger partial charge on any atom is -0.465 e. The molecule has 0 atom stereocenters. The molecule has 2 N–H and O–H groups in total. The Morgan fingerprint density at radius 2 is 1.66 bits per heavy atom. The van der Waals surface area contributed by atoms with E-state index < -0.39 is 5.97 Å². The van der Waals surface area contributed by atoms with Gasteiger partial charge in [0, 0.05) is 17.6 Å². The van der Waals surface area contributed by atoms with Crippen LogP contribution in [0.2, 0.25) is 0 Å². The number of benzene rings is 2. The molecular formula is C23H23N3O3. The van der Waals surface area contributed by atoms with Crippen LogP contribution in [0.5, 0.6) is 0 Å². The van der Waals surface area contributed by atoms with Gasteiger partial charge >= 0.3 is 5.97 Å². The molecule has 3 rings (SSSR count). The number of anilines is 3. The van der Waals surface area contributed by atoms with Crippen molar-refractivity contribution in [2.24, 2.45) is 0 Å². The summed E-state index contributed by atoms with van der Waals surface area (Å²) >= 11 is 0. The molecule has 1 aromatic heterocycles. The van der Waals surface area contributed by atoms with Crippen molar-refractivity contribution in [3.05, 3.63) is 83.7 Å². The van der Waals surface area contributed by atoms with E-state index in [-0.39, 0.29) is 17.5 Å². The van der Waals surface area contributed by atoms with E-state index >= 15 is 0 Å². The number of rotatable bonds is 6. The van der Waals surface area contributed by atoms with Gasteiger partial charge in [0.1, 0.15) is 5.69 Å². The monoisotopic (exact) mass is 389 g/mol. The molecule has 0 unspecified atom stereocenters. The van der Waals surface area contributed by atoms with Crippen molar-refractivity contribution in [1.82, 2.24) is 4.98 Å². The molecule has 1 heterocycles. The van der Waals surface area contributed by atoms with Gasteiger partial charge < -0.3 is 15.4 Å².